The molecule has 3 rings (SSSR count). The maximum Gasteiger partial charge on any atom is 0.310 e. The fourth-order valence-electron chi connectivity index (χ4n) is 2.41. The number of esters is 1. The van der Waals surface area contributed by atoms with E-state index in [-0.39, 0.29) is 18.3 Å². The number of carbonyl (C=O) groups excluding carboxylic acids is 1. The molecular weight excluding hydrogens is 266 g/mol. The molecule has 0 saturated heterocycles. The highest BCUT2D eigenvalue weighted by Crippen LogP contribution is 2.33. The highest BCUT2D eigenvalue weighted by Gasteiger charge is 2.24. The summed E-state index contributed by atoms with van der Waals surface area (Å²) in [5.74, 6) is 0.776. The average Bonchev–Trinajstić information content (AvgIpc) is 2.91. The largest absolute Gasteiger partial charge is 0.493 e. The Morgan fingerprint density at radius 3 is 2.76 bits per heavy atom. The Morgan fingerprint density at radius 1 is 1.19 bits per heavy atom. The van der Waals surface area contributed by atoms with E-state index in [4.69, 9.17) is 15.2 Å². The first-order chi connectivity index (χ1) is 10.2. The molecule has 1 heterocycles. The van der Waals surface area contributed by atoms with Gasteiger partial charge in [0.05, 0.1) is 18.9 Å². The molecule has 0 aliphatic carbocycles. The van der Waals surface area contributed by atoms with Crippen molar-refractivity contribution in [1.29, 1.82) is 0 Å². The Balaban J connectivity index is 1.54. The predicted molar refractivity (Wildman–Crippen MR) is 80.2 cm³/mol. The van der Waals surface area contributed by atoms with Crippen molar-refractivity contribution in [3.8, 4) is 5.75 Å². The lowest BCUT2D eigenvalue weighted by Gasteiger charge is -2.10. The summed E-state index contributed by atoms with van der Waals surface area (Å²) >= 11 is 0. The van der Waals surface area contributed by atoms with Gasteiger partial charge in [0.15, 0.2) is 0 Å². The summed E-state index contributed by atoms with van der Waals surface area (Å²) in [5, 5.41) is 0. The topological polar surface area (TPSA) is 61.6 Å². The summed E-state index contributed by atoms with van der Waals surface area (Å²) in [4.78, 5) is 11.9. The number of carbonyl (C=O) groups is 1. The number of rotatable bonds is 4. The molecule has 0 bridgehead atoms. The molecular formula is C17H17NO3. The molecule has 0 amide bonds. The smallest absolute Gasteiger partial charge is 0.310 e. The normalized spacial score (nSPS) is 16.1. The number of nitrogens with two attached hydrogens (primary N) is 1. The van der Waals surface area contributed by atoms with Gasteiger partial charge in [0.25, 0.3) is 0 Å². The van der Waals surface area contributed by atoms with Crippen LogP contribution in [0.1, 0.15) is 17.0 Å². The molecule has 2 aromatic carbocycles. The van der Waals surface area contributed by atoms with Crippen LogP contribution in [0.4, 0.5) is 5.69 Å². The Kier molecular flexibility index (Phi) is 3.77. The minimum atomic E-state index is -0.232. The van der Waals surface area contributed by atoms with Crippen LogP contribution in [0, 0.1) is 0 Å². The molecule has 0 spiro atoms. The van der Waals surface area contributed by atoms with Crippen LogP contribution in [0.3, 0.4) is 0 Å². The van der Waals surface area contributed by atoms with Crippen molar-refractivity contribution in [2.24, 2.45) is 0 Å². The van der Waals surface area contributed by atoms with Gasteiger partial charge in [0.2, 0.25) is 0 Å². The van der Waals surface area contributed by atoms with Crippen LogP contribution < -0.4 is 10.5 Å². The third-order valence-corrected chi connectivity index (χ3v) is 3.57. The molecule has 1 unspecified atom stereocenters. The molecule has 0 aromatic heterocycles. The third-order valence-electron chi connectivity index (χ3n) is 3.57. The Hall–Kier alpha value is -2.49. The van der Waals surface area contributed by atoms with Gasteiger partial charge in [-0.1, -0.05) is 30.3 Å². The number of nitrogen functional groups attached to an aromatic ring is 1. The van der Waals surface area contributed by atoms with E-state index in [2.05, 4.69) is 0 Å². The van der Waals surface area contributed by atoms with Gasteiger partial charge in [-0.15, -0.1) is 0 Å². The standard InChI is InChI=1S/C17H17NO3/c18-14-7-5-12(6-8-14)9-17(19)21-11-13-10-20-16-4-2-1-3-15(13)16/h1-8,13H,9-11,18H2. The number of anilines is 1. The van der Waals surface area contributed by atoms with Crippen LogP contribution in [-0.2, 0) is 16.0 Å². The first-order valence-corrected chi connectivity index (χ1v) is 6.94. The van der Waals surface area contributed by atoms with Gasteiger partial charge in [-0.2, -0.15) is 0 Å². The number of fused-ring (bicyclic) bond motifs is 1. The number of ether oxygens (including phenoxy) is 2. The SMILES string of the molecule is Nc1ccc(CC(=O)OCC2COc3ccccc32)cc1. The van der Waals surface area contributed by atoms with Crippen LogP contribution in [0.5, 0.6) is 5.75 Å². The van der Waals surface area contributed by atoms with Crippen molar-refractivity contribution in [2.45, 2.75) is 12.3 Å². The van der Waals surface area contributed by atoms with E-state index in [0.29, 0.717) is 18.9 Å². The lowest BCUT2D eigenvalue weighted by atomic mass is 10.0. The molecule has 1 aliphatic rings. The molecule has 2 aromatic rings. The molecule has 1 aliphatic heterocycles. The summed E-state index contributed by atoms with van der Waals surface area (Å²) in [7, 11) is 0. The van der Waals surface area contributed by atoms with E-state index < -0.39 is 0 Å². The fourth-order valence-corrected chi connectivity index (χ4v) is 2.41. The lowest BCUT2D eigenvalue weighted by Crippen LogP contribution is -2.15. The average molecular weight is 283 g/mol. The van der Waals surface area contributed by atoms with Crippen molar-refractivity contribution < 1.29 is 14.3 Å². The van der Waals surface area contributed by atoms with Crippen molar-refractivity contribution >= 4 is 11.7 Å². The minimum Gasteiger partial charge on any atom is -0.493 e. The van der Waals surface area contributed by atoms with Crippen molar-refractivity contribution in [3.63, 3.8) is 0 Å². The maximum absolute atomic E-state index is 11.9. The van der Waals surface area contributed by atoms with E-state index in [9.17, 15) is 4.79 Å². The van der Waals surface area contributed by atoms with E-state index >= 15 is 0 Å². The first kappa shape index (κ1) is 13.5. The monoisotopic (exact) mass is 283 g/mol. The van der Waals surface area contributed by atoms with Gasteiger partial charge in [0.1, 0.15) is 12.4 Å². The summed E-state index contributed by atoms with van der Waals surface area (Å²) in [6.07, 6.45) is 0.259. The van der Waals surface area contributed by atoms with Gasteiger partial charge in [-0.25, -0.2) is 0 Å². The molecule has 0 saturated carbocycles. The summed E-state index contributed by atoms with van der Waals surface area (Å²) in [5.41, 5.74) is 8.31. The molecule has 0 radical (unpaired) electrons. The zero-order valence-corrected chi connectivity index (χ0v) is 11.6. The van der Waals surface area contributed by atoms with E-state index in [1.165, 1.54) is 0 Å². The molecule has 1 atom stereocenters. The minimum absolute atomic E-state index is 0.122. The third kappa shape index (κ3) is 3.16. The van der Waals surface area contributed by atoms with Gasteiger partial charge in [-0.3, -0.25) is 4.79 Å². The second-order valence-corrected chi connectivity index (χ2v) is 5.15. The van der Waals surface area contributed by atoms with E-state index in [1.807, 2.05) is 36.4 Å². The van der Waals surface area contributed by atoms with Crippen LogP contribution >= 0.6 is 0 Å². The number of benzene rings is 2. The zero-order chi connectivity index (χ0) is 14.7. The van der Waals surface area contributed by atoms with E-state index in [0.717, 1.165) is 16.9 Å². The van der Waals surface area contributed by atoms with Crippen molar-refractivity contribution in [3.05, 3.63) is 59.7 Å². The summed E-state index contributed by atoms with van der Waals surface area (Å²) in [6, 6.07) is 15.1. The Bertz CT molecular complexity index is 637. The van der Waals surface area contributed by atoms with E-state index in [1.54, 1.807) is 12.1 Å². The number of para-hydroxylation sites is 1. The molecule has 0 fully saturated rings. The molecule has 2 N–H and O–H groups in total. The van der Waals surface area contributed by atoms with Gasteiger partial charge in [-0.05, 0) is 23.8 Å². The Morgan fingerprint density at radius 2 is 1.95 bits per heavy atom. The summed E-state index contributed by atoms with van der Waals surface area (Å²) in [6.45, 7) is 0.916. The second kappa shape index (κ2) is 5.87. The molecule has 4 nitrogen and oxygen atoms in total. The molecule has 21 heavy (non-hydrogen) atoms. The number of hydrogen-bond acceptors (Lipinski definition) is 4. The van der Waals surface area contributed by atoms with Crippen LogP contribution in [0.15, 0.2) is 48.5 Å². The van der Waals surface area contributed by atoms with Crippen LogP contribution in [0.25, 0.3) is 0 Å². The Labute approximate surface area is 123 Å². The van der Waals surface area contributed by atoms with Crippen molar-refractivity contribution in [2.75, 3.05) is 18.9 Å². The van der Waals surface area contributed by atoms with Crippen molar-refractivity contribution in [1.82, 2.24) is 0 Å². The highest BCUT2D eigenvalue weighted by atomic mass is 16.5. The van der Waals surface area contributed by atoms with Gasteiger partial charge in [0, 0.05) is 11.3 Å². The first-order valence-electron chi connectivity index (χ1n) is 6.94. The lowest BCUT2D eigenvalue weighted by molar-refractivity contribution is -0.143. The molecule has 4 heteroatoms. The molecule has 108 valence electrons. The second-order valence-electron chi connectivity index (χ2n) is 5.15. The number of hydrogen-bond donors (Lipinski definition) is 1. The van der Waals surface area contributed by atoms with Gasteiger partial charge >= 0.3 is 5.97 Å². The highest BCUT2D eigenvalue weighted by molar-refractivity contribution is 5.72. The van der Waals surface area contributed by atoms with Crippen LogP contribution in [0.2, 0.25) is 0 Å². The van der Waals surface area contributed by atoms with Gasteiger partial charge < -0.3 is 15.2 Å². The quantitative estimate of drug-likeness (QED) is 0.692. The fraction of sp³-hybridized carbons (Fsp3) is 0.235. The maximum atomic E-state index is 11.9. The summed E-state index contributed by atoms with van der Waals surface area (Å²) < 4.78 is 10.9. The zero-order valence-electron chi connectivity index (χ0n) is 11.6. The van der Waals surface area contributed by atoms with Crippen LogP contribution in [-0.4, -0.2) is 19.2 Å². The predicted octanol–water partition coefficient (Wildman–Crippen LogP) is 2.53.